The molecule has 16 heteroatoms. The van der Waals surface area contributed by atoms with Crippen molar-refractivity contribution in [3.63, 3.8) is 0 Å². The largest absolute Gasteiger partial charge is 0.497 e. The Kier molecular flexibility index (Phi) is 17.5. The Bertz CT molecular complexity index is 3930. The summed E-state index contributed by atoms with van der Waals surface area (Å²) in [5.41, 5.74) is 12.5. The monoisotopic (exact) mass is 1100 g/mol. The molecule has 0 amide bonds. The summed E-state index contributed by atoms with van der Waals surface area (Å²) < 4.78 is 35.4. The van der Waals surface area contributed by atoms with Crippen LogP contribution in [-0.4, -0.2) is 94.6 Å². The average molecular weight is 1100 g/mol. The molecule has 1 unspecified atom stereocenters. The molecule has 16 nitrogen and oxygen atoms in total. The van der Waals surface area contributed by atoms with E-state index < -0.39 is 6.10 Å². The van der Waals surface area contributed by atoms with Crippen LogP contribution in [-0.2, 0) is 25.9 Å². The number of hydrogen-bond donors (Lipinski definition) is 1. The molecular formula is C66H64N6O10. The zero-order valence-electron chi connectivity index (χ0n) is 47.6. The highest BCUT2D eigenvalue weighted by Gasteiger charge is 2.21. The number of fused-ring (bicyclic) bond motifs is 2. The molecule has 0 radical (unpaired) electrons. The van der Waals surface area contributed by atoms with Gasteiger partial charge in [0.05, 0.1) is 78.6 Å². The number of aryl methyl sites for hydroxylation is 2. The SMILES string of the molecule is COc1ccc(Cn2nc(C(C)=O)c3ccc(-c4cc(CC(=O)c5cc(OC)cc(OC)c5)ccc4C)nc32)cc1.COc1ccc(Cn2nc(C(C)O)c3ccc(-c4cc(CC(=O)c5cc(OC)cc(OC)c5)ccc4C)nc32)cc1. The summed E-state index contributed by atoms with van der Waals surface area (Å²) in [6, 6.07) is 45.5. The van der Waals surface area contributed by atoms with Crippen LogP contribution in [0.25, 0.3) is 44.6 Å². The Morgan fingerprint density at radius 3 is 1.23 bits per heavy atom. The Labute approximate surface area is 475 Å². The minimum Gasteiger partial charge on any atom is -0.497 e. The number of rotatable bonds is 20. The summed E-state index contributed by atoms with van der Waals surface area (Å²) in [6.45, 7) is 8.18. The summed E-state index contributed by atoms with van der Waals surface area (Å²) in [5.74, 6) is 3.59. The van der Waals surface area contributed by atoms with Crippen molar-refractivity contribution in [1.82, 2.24) is 29.5 Å². The lowest BCUT2D eigenvalue weighted by Crippen LogP contribution is -2.05. The molecule has 0 aliphatic rings. The third-order valence-electron chi connectivity index (χ3n) is 14.2. The Morgan fingerprint density at radius 2 is 0.841 bits per heavy atom. The van der Waals surface area contributed by atoms with Crippen LogP contribution >= 0.6 is 0 Å². The van der Waals surface area contributed by atoms with Crippen molar-refractivity contribution >= 4 is 39.4 Å². The van der Waals surface area contributed by atoms with Crippen molar-refractivity contribution in [2.75, 3.05) is 42.7 Å². The van der Waals surface area contributed by atoms with Crippen molar-refractivity contribution in [2.45, 2.75) is 59.7 Å². The number of aromatic nitrogens is 6. The number of Topliss-reactive ketones (excluding diaryl/α,β-unsaturated/α-hetero) is 3. The second-order valence-electron chi connectivity index (χ2n) is 19.8. The van der Waals surface area contributed by atoms with E-state index in [0.29, 0.717) is 75.3 Å². The van der Waals surface area contributed by atoms with Gasteiger partial charge in [0.25, 0.3) is 0 Å². The second-order valence-corrected chi connectivity index (χ2v) is 19.8. The molecule has 418 valence electrons. The van der Waals surface area contributed by atoms with E-state index in [1.807, 2.05) is 128 Å². The van der Waals surface area contributed by atoms with Gasteiger partial charge >= 0.3 is 0 Å². The summed E-state index contributed by atoms with van der Waals surface area (Å²) >= 11 is 0. The number of hydrogen-bond acceptors (Lipinski definition) is 14. The number of nitrogens with zero attached hydrogens (tertiary/aromatic N) is 6. The van der Waals surface area contributed by atoms with Gasteiger partial charge < -0.3 is 33.5 Å². The maximum atomic E-state index is 13.2. The minimum absolute atomic E-state index is 0.0421. The van der Waals surface area contributed by atoms with E-state index in [9.17, 15) is 19.5 Å². The van der Waals surface area contributed by atoms with Crippen LogP contribution < -0.4 is 28.4 Å². The predicted octanol–water partition coefficient (Wildman–Crippen LogP) is 12.1. The fourth-order valence-corrected chi connectivity index (χ4v) is 9.65. The van der Waals surface area contributed by atoms with E-state index in [-0.39, 0.29) is 30.2 Å². The zero-order chi connectivity index (χ0) is 58.2. The van der Waals surface area contributed by atoms with Gasteiger partial charge in [-0.15, -0.1) is 0 Å². The smallest absolute Gasteiger partial charge is 0.180 e. The van der Waals surface area contributed by atoms with Crippen LogP contribution in [0.5, 0.6) is 34.5 Å². The number of carbonyl (C=O) groups is 3. The molecule has 6 aromatic carbocycles. The van der Waals surface area contributed by atoms with E-state index >= 15 is 0 Å². The predicted molar refractivity (Wildman–Crippen MR) is 315 cm³/mol. The molecule has 10 aromatic rings. The number of carbonyl (C=O) groups excluding carboxylic acids is 3. The molecule has 0 spiro atoms. The fourth-order valence-electron chi connectivity index (χ4n) is 9.65. The first-order valence-electron chi connectivity index (χ1n) is 26.5. The maximum Gasteiger partial charge on any atom is 0.180 e. The summed E-state index contributed by atoms with van der Waals surface area (Å²) in [6.07, 6.45) is -0.322. The van der Waals surface area contributed by atoms with Gasteiger partial charge in [-0.1, -0.05) is 48.5 Å². The van der Waals surface area contributed by atoms with E-state index in [0.717, 1.165) is 72.8 Å². The topological polar surface area (TPSA) is 188 Å². The van der Waals surface area contributed by atoms with Crippen LogP contribution in [0.4, 0.5) is 0 Å². The lowest BCUT2D eigenvalue weighted by atomic mass is 9.97. The van der Waals surface area contributed by atoms with Crippen LogP contribution in [0.3, 0.4) is 0 Å². The van der Waals surface area contributed by atoms with Crippen LogP contribution in [0, 0.1) is 13.8 Å². The zero-order valence-corrected chi connectivity index (χ0v) is 47.6. The van der Waals surface area contributed by atoms with Gasteiger partial charge in [-0.3, -0.25) is 14.4 Å². The third kappa shape index (κ3) is 12.8. The maximum absolute atomic E-state index is 13.2. The van der Waals surface area contributed by atoms with E-state index in [2.05, 4.69) is 5.10 Å². The number of pyridine rings is 2. The lowest BCUT2D eigenvalue weighted by Gasteiger charge is -2.11. The second kappa shape index (κ2) is 25.2. The highest BCUT2D eigenvalue weighted by Crippen LogP contribution is 2.33. The molecule has 0 bridgehead atoms. The first-order chi connectivity index (χ1) is 39.6. The molecule has 0 saturated carbocycles. The summed E-state index contributed by atoms with van der Waals surface area (Å²) in [4.78, 5) is 48.8. The number of ketones is 3. The van der Waals surface area contributed by atoms with E-state index in [1.54, 1.807) is 90.7 Å². The van der Waals surface area contributed by atoms with Gasteiger partial charge in [0.1, 0.15) is 45.9 Å². The van der Waals surface area contributed by atoms with Crippen LogP contribution in [0.2, 0.25) is 0 Å². The number of benzene rings is 6. The normalized spacial score (nSPS) is 11.4. The standard InChI is InChI=1S/C33H33N3O5.C33H31N3O5/c2*1-20-6-7-23(15-31(38)24-16-26(40-4)18-27(17-24)41-5)14-29(20)30-13-12-28-32(21(2)37)35-36(33(28)34-30)19-22-8-10-25(39-3)11-9-22/h6-14,16-18,21,37H,15,19H2,1-5H3;6-14,16-18H,15,19H2,1-5H3. The van der Waals surface area contributed by atoms with Gasteiger partial charge in [0.2, 0.25) is 0 Å². The first-order valence-corrected chi connectivity index (χ1v) is 26.5. The molecular weight excluding hydrogens is 1040 g/mol. The third-order valence-corrected chi connectivity index (χ3v) is 14.2. The number of ether oxygens (including phenoxy) is 6. The Morgan fingerprint density at radius 1 is 0.463 bits per heavy atom. The average Bonchev–Trinajstić information content (AvgIpc) is 4.29. The minimum atomic E-state index is -0.742. The van der Waals surface area contributed by atoms with Crippen molar-refractivity contribution in [3.8, 4) is 57.0 Å². The molecule has 4 aromatic heterocycles. The molecule has 0 saturated heterocycles. The van der Waals surface area contributed by atoms with Crippen LogP contribution in [0.1, 0.15) is 90.2 Å². The Balaban J connectivity index is 0.000000198. The Hall–Kier alpha value is -9.67. The van der Waals surface area contributed by atoms with Crippen molar-refractivity contribution in [2.24, 2.45) is 0 Å². The van der Waals surface area contributed by atoms with Gasteiger partial charge in [-0.05, 0) is 139 Å². The molecule has 1 N–H and O–H groups in total. The van der Waals surface area contributed by atoms with Crippen molar-refractivity contribution in [1.29, 1.82) is 0 Å². The quantitative estimate of drug-likeness (QED) is 0.0710. The molecule has 10 rings (SSSR count). The highest BCUT2D eigenvalue weighted by molar-refractivity contribution is 6.04. The van der Waals surface area contributed by atoms with E-state index in [4.69, 9.17) is 43.5 Å². The molecule has 4 heterocycles. The van der Waals surface area contributed by atoms with Crippen molar-refractivity contribution < 1.29 is 47.9 Å². The molecule has 1 atom stereocenters. The van der Waals surface area contributed by atoms with Gasteiger partial charge in [-0.25, -0.2) is 19.3 Å². The molecule has 0 aliphatic heterocycles. The number of aliphatic hydroxyl groups excluding tert-OH is 1. The van der Waals surface area contributed by atoms with Gasteiger partial charge in [-0.2, -0.15) is 10.2 Å². The lowest BCUT2D eigenvalue weighted by molar-refractivity contribution is 0.0984. The number of aliphatic hydroxyl groups is 1. The highest BCUT2D eigenvalue weighted by atomic mass is 16.5. The van der Waals surface area contributed by atoms with Crippen molar-refractivity contribution in [3.05, 3.63) is 201 Å². The van der Waals surface area contributed by atoms with Gasteiger partial charge in [0.15, 0.2) is 28.6 Å². The summed E-state index contributed by atoms with van der Waals surface area (Å²) in [7, 11) is 9.50. The van der Waals surface area contributed by atoms with Crippen LogP contribution in [0.15, 0.2) is 146 Å². The van der Waals surface area contributed by atoms with Gasteiger partial charge in [0, 0.05) is 59.5 Å². The molecule has 82 heavy (non-hydrogen) atoms. The number of methoxy groups -OCH3 is 6. The first kappa shape index (κ1) is 57.0. The fraction of sp³-hybridized carbons (Fsp3) is 0.227. The summed E-state index contributed by atoms with van der Waals surface area (Å²) in [5, 5.41) is 21.2. The molecule has 0 fully saturated rings. The molecule has 0 aliphatic carbocycles. The van der Waals surface area contributed by atoms with E-state index in [1.165, 1.54) is 6.92 Å².